The molecule has 2 aromatic heterocycles. The lowest BCUT2D eigenvalue weighted by Gasteiger charge is -2.04. The van der Waals surface area contributed by atoms with Crippen molar-refractivity contribution in [2.24, 2.45) is 0 Å². The number of alkyl halides is 3. The number of benzene rings is 2. The van der Waals surface area contributed by atoms with Crippen molar-refractivity contribution < 1.29 is 13.2 Å². The second kappa shape index (κ2) is 6.03. The van der Waals surface area contributed by atoms with Gasteiger partial charge in [-0.3, -0.25) is 5.10 Å². The summed E-state index contributed by atoms with van der Waals surface area (Å²) in [6, 6.07) is 10.2. The molecule has 0 bridgehead atoms. The number of hydrogen-bond acceptors (Lipinski definition) is 2. The van der Waals surface area contributed by atoms with Crippen molar-refractivity contribution in [3.05, 3.63) is 58.1 Å². The van der Waals surface area contributed by atoms with E-state index < -0.39 is 11.7 Å². The molecule has 0 radical (unpaired) electrons. The molecule has 0 unspecified atom stereocenters. The minimum atomic E-state index is -4.41. The molecule has 26 heavy (non-hydrogen) atoms. The van der Waals surface area contributed by atoms with Gasteiger partial charge in [-0.15, -0.1) is 0 Å². The molecule has 4 aromatic rings. The minimum Gasteiger partial charge on any atom is -0.337 e. The van der Waals surface area contributed by atoms with Gasteiger partial charge in [-0.05, 0) is 36.4 Å². The van der Waals surface area contributed by atoms with Gasteiger partial charge in [-0.2, -0.15) is 18.3 Å². The molecular weight excluding hydrogens is 388 g/mol. The molecule has 9 heteroatoms. The number of halogens is 5. The molecule has 0 spiro atoms. The van der Waals surface area contributed by atoms with Crippen molar-refractivity contribution >= 4 is 34.2 Å². The van der Waals surface area contributed by atoms with Crippen LogP contribution < -0.4 is 0 Å². The van der Waals surface area contributed by atoms with Gasteiger partial charge in [-0.1, -0.05) is 29.3 Å². The first-order chi connectivity index (χ1) is 12.3. The summed E-state index contributed by atoms with van der Waals surface area (Å²) in [5, 5.41) is 7.85. The monoisotopic (exact) mass is 396 g/mol. The molecule has 0 saturated carbocycles. The Kier molecular flexibility index (Phi) is 3.93. The van der Waals surface area contributed by atoms with E-state index in [0.29, 0.717) is 32.8 Å². The zero-order valence-corrected chi connectivity index (χ0v) is 14.3. The Labute approximate surface area is 155 Å². The van der Waals surface area contributed by atoms with Crippen molar-refractivity contribution in [2.45, 2.75) is 6.18 Å². The fourth-order valence-corrected chi connectivity index (χ4v) is 2.85. The third kappa shape index (κ3) is 3.04. The summed E-state index contributed by atoms with van der Waals surface area (Å²) in [5.74, 6) is 0.387. The number of nitrogens with zero attached hydrogens (tertiary/aromatic N) is 2. The quantitative estimate of drug-likeness (QED) is 0.440. The van der Waals surface area contributed by atoms with Crippen LogP contribution in [-0.4, -0.2) is 20.2 Å². The first-order valence-electron chi connectivity index (χ1n) is 7.39. The van der Waals surface area contributed by atoms with Crippen LogP contribution >= 0.6 is 23.2 Å². The van der Waals surface area contributed by atoms with Crippen molar-refractivity contribution in [3.63, 3.8) is 0 Å². The van der Waals surface area contributed by atoms with Gasteiger partial charge in [0.2, 0.25) is 0 Å². The van der Waals surface area contributed by atoms with Crippen LogP contribution in [0.3, 0.4) is 0 Å². The van der Waals surface area contributed by atoms with Gasteiger partial charge >= 0.3 is 6.18 Å². The third-order valence-electron chi connectivity index (χ3n) is 3.86. The fraction of sp³-hybridized carbons (Fsp3) is 0.0588. The Hall–Kier alpha value is -2.51. The first kappa shape index (κ1) is 16.9. The minimum absolute atomic E-state index is 0.223. The molecule has 4 rings (SSSR count). The van der Waals surface area contributed by atoms with Gasteiger partial charge in [0.15, 0.2) is 5.82 Å². The van der Waals surface area contributed by atoms with Crippen LogP contribution in [0.2, 0.25) is 10.0 Å². The Morgan fingerprint density at radius 2 is 1.73 bits per heavy atom. The second-order valence-electron chi connectivity index (χ2n) is 5.61. The number of fused-ring (bicyclic) bond motifs is 1. The van der Waals surface area contributed by atoms with E-state index in [4.69, 9.17) is 23.2 Å². The van der Waals surface area contributed by atoms with E-state index in [2.05, 4.69) is 20.2 Å². The average molecular weight is 397 g/mol. The molecule has 2 aromatic carbocycles. The molecule has 0 aliphatic carbocycles. The molecule has 0 saturated heterocycles. The highest BCUT2D eigenvalue weighted by atomic mass is 35.5. The van der Waals surface area contributed by atoms with Crippen molar-refractivity contribution in [3.8, 4) is 22.8 Å². The number of aromatic amines is 2. The summed E-state index contributed by atoms with van der Waals surface area (Å²) < 4.78 is 38.5. The third-order valence-corrected chi connectivity index (χ3v) is 4.60. The van der Waals surface area contributed by atoms with Crippen LogP contribution in [0.15, 0.2) is 42.5 Å². The summed E-state index contributed by atoms with van der Waals surface area (Å²) in [5.41, 5.74) is 1.87. The number of H-pyrrole nitrogens is 2. The Balaban J connectivity index is 1.72. The summed E-state index contributed by atoms with van der Waals surface area (Å²) in [7, 11) is 0. The first-order valence-corrected chi connectivity index (χ1v) is 8.15. The van der Waals surface area contributed by atoms with E-state index >= 15 is 0 Å². The SMILES string of the molecule is FC(F)(F)c1ccc2[nH]c(-c3cc(-c4ccc(Cl)c(Cl)c4)n[nH]3)nc2c1. The predicted octanol–water partition coefficient (Wildman–Crippen LogP) is 5.95. The smallest absolute Gasteiger partial charge is 0.337 e. The lowest BCUT2D eigenvalue weighted by atomic mass is 10.1. The number of aromatic nitrogens is 4. The number of imidazole rings is 1. The van der Waals surface area contributed by atoms with Crippen molar-refractivity contribution in [1.82, 2.24) is 20.2 Å². The topological polar surface area (TPSA) is 57.4 Å². The molecular formula is C17H9Cl2F3N4. The highest BCUT2D eigenvalue weighted by Gasteiger charge is 2.30. The number of hydrogen-bond donors (Lipinski definition) is 2. The summed E-state index contributed by atoms with van der Waals surface area (Å²) >= 11 is 11.9. The van der Waals surface area contributed by atoms with E-state index in [1.807, 2.05) is 0 Å². The maximum atomic E-state index is 12.8. The molecule has 0 fully saturated rings. The highest BCUT2D eigenvalue weighted by Crippen LogP contribution is 2.32. The van der Waals surface area contributed by atoms with E-state index in [1.165, 1.54) is 6.07 Å². The van der Waals surface area contributed by atoms with Crippen LogP contribution in [0.1, 0.15) is 5.56 Å². The van der Waals surface area contributed by atoms with Crippen LogP contribution in [-0.2, 0) is 6.18 Å². The van der Waals surface area contributed by atoms with E-state index in [1.54, 1.807) is 24.3 Å². The summed E-state index contributed by atoms with van der Waals surface area (Å²) in [4.78, 5) is 7.20. The highest BCUT2D eigenvalue weighted by molar-refractivity contribution is 6.42. The molecule has 2 N–H and O–H groups in total. The standard InChI is InChI=1S/C17H9Cl2F3N4/c18-10-3-1-8(5-11(10)19)13-7-15(26-25-13)16-23-12-4-2-9(17(20,21)22)6-14(12)24-16/h1-7H,(H,23,24)(H,25,26). The Bertz CT molecular complexity index is 1110. The summed E-state index contributed by atoms with van der Waals surface area (Å²) in [6.07, 6.45) is -4.41. The van der Waals surface area contributed by atoms with Crippen molar-refractivity contribution in [1.29, 1.82) is 0 Å². The van der Waals surface area contributed by atoms with Crippen molar-refractivity contribution in [2.75, 3.05) is 0 Å². The number of rotatable bonds is 2. The Morgan fingerprint density at radius 3 is 2.46 bits per heavy atom. The van der Waals surface area contributed by atoms with Gasteiger partial charge < -0.3 is 4.98 Å². The molecule has 0 atom stereocenters. The zero-order valence-electron chi connectivity index (χ0n) is 12.8. The maximum absolute atomic E-state index is 12.8. The lowest BCUT2D eigenvalue weighted by molar-refractivity contribution is -0.137. The largest absolute Gasteiger partial charge is 0.416 e. The molecule has 0 amide bonds. The molecule has 0 aliphatic rings. The molecule has 132 valence electrons. The van der Waals surface area contributed by atoms with Gasteiger partial charge in [-0.25, -0.2) is 4.98 Å². The van der Waals surface area contributed by atoms with Crippen LogP contribution in [0.4, 0.5) is 13.2 Å². The molecule has 0 aliphatic heterocycles. The van der Waals surface area contributed by atoms with Crippen LogP contribution in [0.25, 0.3) is 33.8 Å². The van der Waals surface area contributed by atoms with Gasteiger partial charge in [0.05, 0.1) is 32.3 Å². The average Bonchev–Trinajstić information content (AvgIpc) is 3.22. The summed E-state index contributed by atoms with van der Waals surface area (Å²) in [6.45, 7) is 0. The van der Waals surface area contributed by atoms with E-state index in [-0.39, 0.29) is 5.52 Å². The van der Waals surface area contributed by atoms with Gasteiger partial charge in [0.1, 0.15) is 5.69 Å². The van der Waals surface area contributed by atoms with Crippen LogP contribution in [0, 0.1) is 0 Å². The van der Waals surface area contributed by atoms with E-state index in [9.17, 15) is 13.2 Å². The lowest BCUT2D eigenvalue weighted by Crippen LogP contribution is -2.04. The second-order valence-corrected chi connectivity index (χ2v) is 6.43. The Morgan fingerprint density at radius 1 is 0.923 bits per heavy atom. The fourth-order valence-electron chi connectivity index (χ4n) is 2.56. The zero-order chi connectivity index (χ0) is 18.5. The molecule has 4 nitrogen and oxygen atoms in total. The predicted molar refractivity (Wildman–Crippen MR) is 94.1 cm³/mol. The van der Waals surface area contributed by atoms with Crippen LogP contribution in [0.5, 0.6) is 0 Å². The maximum Gasteiger partial charge on any atom is 0.416 e. The van der Waals surface area contributed by atoms with Gasteiger partial charge in [0.25, 0.3) is 0 Å². The number of nitrogens with one attached hydrogen (secondary N) is 2. The van der Waals surface area contributed by atoms with Gasteiger partial charge in [0, 0.05) is 5.56 Å². The van der Waals surface area contributed by atoms with E-state index in [0.717, 1.165) is 17.7 Å². The molecule has 2 heterocycles. The normalized spacial score (nSPS) is 12.0.